The topological polar surface area (TPSA) is 6.48 Å². The first-order valence-corrected chi connectivity index (χ1v) is 22.0. The Kier molecular flexibility index (Phi) is 10.8. The van der Waals surface area contributed by atoms with Crippen LogP contribution in [0.5, 0.6) is 0 Å². The van der Waals surface area contributed by atoms with Gasteiger partial charge in [0.25, 0.3) is 0 Å². The summed E-state index contributed by atoms with van der Waals surface area (Å²) in [5, 5.41) is 5.08. The van der Waals surface area contributed by atoms with Crippen LogP contribution in [0.25, 0.3) is 45.8 Å². The summed E-state index contributed by atoms with van der Waals surface area (Å²) in [4.78, 5) is 10.4. The number of nitrogens with zero attached hydrogens (tertiary/aromatic N) is 2. The molecule has 278 valence electrons. The van der Waals surface area contributed by atoms with Crippen molar-refractivity contribution in [1.82, 2.24) is 0 Å². The molecule has 0 N–H and O–H groups in total. The highest BCUT2D eigenvalue weighted by atomic mass is 32.2. The third kappa shape index (κ3) is 7.17. The Bertz CT molecular complexity index is 2370. The molecule has 2 nitrogen and oxygen atoms in total. The lowest BCUT2D eigenvalue weighted by molar-refractivity contribution is 0.712. The Morgan fingerprint density at radius 1 is 0.393 bits per heavy atom. The largest absolute Gasteiger partial charge is 0.340 e. The molecular weight excluding hydrogens is 717 g/mol. The van der Waals surface area contributed by atoms with Crippen molar-refractivity contribution >= 4 is 92.1 Å². The molecule has 0 fully saturated rings. The third-order valence-electron chi connectivity index (χ3n) is 11.2. The van der Waals surface area contributed by atoms with E-state index >= 15 is 0 Å². The molecule has 2 heterocycles. The van der Waals surface area contributed by atoms with Gasteiger partial charge in [-0.15, -0.1) is 0 Å². The number of hydrogen-bond acceptors (Lipinski definition) is 4. The van der Waals surface area contributed by atoms with E-state index in [9.17, 15) is 0 Å². The van der Waals surface area contributed by atoms with Crippen LogP contribution in [0.15, 0.2) is 153 Å². The van der Waals surface area contributed by atoms with Crippen molar-refractivity contribution in [2.75, 3.05) is 22.9 Å². The zero-order chi connectivity index (χ0) is 37.8. The summed E-state index contributed by atoms with van der Waals surface area (Å²) < 4.78 is 0. The van der Waals surface area contributed by atoms with Gasteiger partial charge in [0.1, 0.15) is 0 Å². The number of benzene rings is 7. The van der Waals surface area contributed by atoms with Crippen LogP contribution in [0.4, 0.5) is 22.7 Å². The zero-order valence-corrected chi connectivity index (χ0v) is 34.0. The molecule has 7 aromatic carbocycles. The molecule has 0 atom stereocenters. The van der Waals surface area contributed by atoms with Gasteiger partial charge in [-0.2, -0.15) is 0 Å². The second-order valence-electron chi connectivity index (χ2n) is 14.9. The maximum Gasteiger partial charge on any atom is 0.0553 e. The quantitative estimate of drug-likeness (QED) is 0.0694. The summed E-state index contributed by atoms with van der Waals surface area (Å²) in [5.41, 5.74) is 10.3. The number of rotatable bonds is 12. The number of para-hydroxylation sites is 2. The minimum absolute atomic E-state index is 1.05. The second-order valence-corrected chi connectivity index (χ2v) is 17.1. The molecule has 4 heteroatoms. The second kappa shape index (κ2) is 16.5. The van der Waals surface area contributed by atoms with E-state index in [4.69, 9.17) is 0 Å². The van der Waals surface area contributed by atoms with Gasteiger partial charge in [0.15, 0.2) is 0 Å². The number of unbranched alkanes of at least 4 members (excludes halogenated alkanes) is 4. The molecule has 2 aliphatic rings. The molecule has 2 aliphatic heterocycles. The fourth-order valence-corrected chi connectivity index (χ4v) is 10.6. The fourth-order valence-electron chi connectivity index (χ4n) is 8.34. The summed E-state index contributed by atoms with van der Waals surface area (Å²) in [6.45, 7) is 6.65. The number of anilines is 4. The fraction of sp³-hybridized carbons (Fsp3) is 0.192. The minimum Gasteiger partial charge on any atom is -0.340 e. The molecule has 9 rings (SSSR count). The van der Waals surface area contributed by atoms with Crippen molar-refractivity contribution in [2.45, 2.75) is 72.0 Å². The molecule has 0 bridgehead atoms. The lowest BCUT2D eigenvalue weighted by Gasteiger charge is -2.33. The lowest BCUT2D eigenvalue weighted by Crippen LogP contribution is -2.21. The van der Waals surface area contributed by atoms with Gasteiger partial charge in [-0.25, -0.2) is 0 Å². The summed E-state index contributed by atoms with van der Waals surface area (Å²) >= 11 is 3.79. The van der Waals surface area contributed by atoms with Crippen LogP contribution >= 0.6 is 23.5 Å². The normalized spacial score (nSPS) is 13.4. The molecule has 0 saturated heterocycles. The molecule has 7 aromatic rings. The van der Waals surface area contributed by atoms with Crippen molar-refractivity contribution in [3.05, 3.63) is 156 Å². The Hall–Kier alpha value is -5.16. The van der Waals surface area contributed by atoms with E-state index in [0.29, 0.717) is 0 Å². The smallest absolute Gasteiger partial charge is 0.0553 e. The van der Waals surface area contributed by atoms with Crippen LogP contribution in [0.3, 0.4) is 0 Å². The van der Waals surface area contributed by atoms with Gasteiger partial charge in [0.05, 0.1) is 22.7 Å². The van der Waals surface area contributed by atoms with Gasteiger partial charge in [0.2, 0.25) is 0 Å². The first-order chi connectivity index (χ1) is 27.7. The molecule has 0 saturated carbocycles. The van der Waals surface area contributed by atoms with E-state index in [0.717, 1.165) is 13.1 Å². The Labute approximate surface area is 341 Å². The highest BCUT2D eigenvalue weighted by Gasteiger charge is 2.24. The summed E-state index contributed by atoms with van der Waals surface area (Å²) in [6, 6.07) is 49.5. The van der Waals surface area contributed by atoms with Gasteiger partial charge < -0.3 is 9.80 Å². The zero-order valence-electron chi connectivity index (χ0n) is 32.4. The van der Waals surface area contributed by atoms with E-state index in [1.165, 1.54) is 125 Å². The molecule has 0 radical (unpaired) electrons. The first kappa shape index (κ1) is 36.5. The van der Waals surface area contributed by atoms with Crippen LogP contribution in [0, 0.1) is 0 Å². The van der Waals surface area contributed by atoms with Gasteiger partial charge in [0, 0.05) is 32.7 Å². The van der Waals surface area contributed by atoms with Crippen molar-refractivity contribution in [3.8, 4) is 0 Å². The van der Waals surface area contributed by atoms with E-state index < -0.39 is 0 Å². The molecule has 0 aliphatic carbocycles. The van der Waals surface area contributed by atoms with Gasteiger partial charge >= 0.3 is 0 Å². The van der Waals surface area contributed by atoms with Crippen LogP contribution in [-0.4, -0.2) is 13.1 Å². The van der Waals surface area contributed by atoms with E-state index in [-0.39, 0.29) is 0 Å². The van der Waals surface area contributed by atoms with Crippen molar-refractivity contribution in [1.29, 1.82) is 0 Å². The molecule has 0 spiro atoms. The first-order valence-electron chi connectivity index (χ1n) is 20.4. The SMILES string of the molecule is CCCCCN1c2ccccc2Sc2cc(/C=C/c3c4ccccc4c(/C=C/c4ccc5c(c4)Sc4ccccc4N5CCCCC)c4ccccc34)ccc21. The molecule has 0 unspecified atom stereocenters. The third-order valence-corrected chi connectivity index (χ3v) is 13.4. The van der Waals surface area contributed by atoms with Crippen molar-refractivity contribution < 1.29 is 0 Å². The molecule has 56 heavy (non-hydrogen) atoms. The summed E-state index contributed by atoms with van der Waals surface area (Å²) in [6.07, 6.45) is 16.6. The Morgan fingerprint density at radius 2 is 0.768 bits per heavy atom. The number of hydrogen-bond donors (Lipinski definition) is 0. The average Bonchev–Trinajstić information content (AvgIpc) is 3.24. The minimum atomic E-state index is 1.05. The van der Waals surface area contributed by atoms with E-state index in [1.807, 2.05) is 23.5 Å². The van der Waals surface area contributed by atoms with E-state index in [2.05, 4.69) is 181 Å². The lowest BCUT2D eigenvalue weighted by atomic mass is 9.91. The predicted octanol–water partition coefficient (Wildman–Crippen LogP) is 15.9. The summed E-state index contributed by atoms with van der Waals surface area (Å²) in [5.74, 6) is 0. The predicted molar refractivity (Wildman–Crippen MR) is 246 cm³/mol. The van der Waals surface area contributed by atoms with Gasteiger partial charge in [-0.3, -0.25) is 0 Å². The van der Waals surface area contributed by atoms with Gasteiger partial charge in [-0.1, -0.05) is 172 Å². The highest BCUT2D eigenvalue weighted by Crippen LogP contribution is 2.50. The molecule has 0 amide bonds. The molecule has 0 aromatic heterocycles. The maximum atomic E-state index is 2.53. The Morgan fingerprint density at radius 3 is 1.18 bits per heavy atom. The van der Waals surface area contributed by atoms with Gasteiger partial charge in [-0.05, 0) is 105 Å². The van der Waals surface area contributed by atoms with Crippen LogP contribution in [0.2, 0.25) is 0 Å². The van der Waals surface area contributed by atoms with Crippen LogP contribution in [-0.2, 0) is 0 Å². The van der Waals surface area contributed by atoms with Crippen LogP contribution < -0.4 is 9.80 Å². The van der Waals surface area contributed by atoms with Crippen molar-refractivity contribution in [3.63, 3.8) is 0 Å². The standard InChI is InChI=1S/C52H48N2S2/c1-3-5-15-33-53-45-21-11-13-23-49(45)55-51-35-37(27-31-47(51)53)25-29-43-39-17-7-9-19-41(39)44(42-20-10-8-18-40(42)43)30-26-38-28-32-48-52(36-38)56-50-24-14-12-22-46(50)54(48)34-16-6-4-2/h7-14,17-32,35-36H,3-6,15-16,33-34H2,1-2H3/b29-25+,30-26+. The monoisotopic (exact) mass is 764 g/mol. The van der Waals surface area contributed by atoms with Crippen LogP contribution in [0.1, 0.15) is 74.6 Å². The van der Waals surface area contributed by atoms with E-state index in [1.54, 1.807) is 0 Å². The average molecular weight is 765 g/mol. The molecular formula is C52H48N2S2. The van der Waals surface area contributed by atoms with Crippen molar-refractivity contribution in [2.24, 2.45) is 0 Å². The number of fused-ring (bicyclic) bond motifs is 6. The maximum absolute atomic E-state index is 2.53. The summed E-state index contributed by atoms with van der Waals surface area (Å²) in [7, 11) is 0. The highest BCUT2D eigenvalue weighted by molar-refractivity contribution is 8.00. The Balaban J connectivity index is 1.05.